The Morgan fingerprint density at radius 1 is 1.17 bits per heavy atom. The number of nitriles is 1. The average molecular weight is 390 g/mol. The van der Waals surface area contributed by atoms with E-state index >= 15 is 0 Å². The highest BCUT2D eigenvalue weighted by Crippen LogP contribution is 2.40. The highest BCUT2D eigenvalue weighted by atomic mass is 16.1. The zero-order valence-corrected chi connectivity index (χ0v) is 17.8. The number of carbonyl (C=O) groups excluding carboxylic acids is 1. The summed E-state index contributed by atoms with van der Waals surface area (Å²) in [5.74, 6) is 0.766. The zero-order valence-electron chi connectivity index (χ0n) is 17.8. The lowest BCUT2D eigenvalue weighted by atomic mass is 9.82. The highest BCUT2D eigenvalue weighted by Gasteiger charge is 2.33. The number of hydrogen-bond acceptors (Lipinski definition) is 3. The lowest BCUT2D eigenvalue weighted by molar-refractivity contribution is 0.0888. The molecule has 2 unspecified atom stereocenters. The molecule has 0 spiro atoms. The Labute approximate surface area is 174 Å². The Kier molecular flexibility index (Phi) is 5.61. The van der Waals surface area contributed by atoms with Gasteiger partial charge in [-0.25, -0.2) is 0 Å². The Morgan fingerprint density at radius 3 is 2.48 bits per heavy atom. The van der Waals surface area contributed by atoms with Crippen LogP contribution in [-0.4, -0.2) is 33.9 Å². The van der Waals surface area contributed by atoms with E-state index in [0.717, 1.165) is 23.4 Å². The maximum absolute atomic E-state index is 13.4. The van der Waals surface area contributed by atoms with Crippen molar-refractivity contribution in [3.05, 3.63) is 52.8 Å². The van der Waals surface area contributed by atoms with Crippen molar-refractivity contribution in [2.24, 2.45) is 0 Å². The van der Waals surface area contributed by atoms with E-state index in [1.54, 1.807) is 0 Å². The molecule has 29 heavy (non-hydrogen) atoms. The summed E-state index contributed by atoms with van der Waals surface area (Å²) in [5, 5.41) is 9.11. The molecule has 4 heteroatoms. The first-order valence-corrected chi connectivity index (χ1v) is 11.0. The molecule has 152 valence electrons. The minimum atomic E-state index is 0.239. The van der Waals surface area contributed by atoms with Crippen LogP contribution in [0.15, 0.2) is 30.3 Å². The van der Waals surface area contributed by atoms with Crippen LogP contribution in [0.2, 0.25) is 0 Å². The number of benzene rings is 1. The van der Waals surface area contributed by atoms with Gasteiger partial charge in [-0.3, -0.25) is 9.69 Å². The molecule has 2 heterocycles. The maximum Gasteiger partial charge on any atom is 0.178 e. The van der Waals surface area contributed by atoms with E-state index in [1.165, 1.54) is 37.8 Å². The summed E-state index contributed by atoms with van der Waals surface area (Å²) in [6.45, 7) is 7.05. The Morgan fingerprint density at radius 2 is 1.90 bits per heavy atom. The van der Waals surface area contributed by atoms with Crippen molar-refractivity contribution in [3.63, 3.8) is 0 Å². The van der Waals surface area contributed by atoms with Gasteiger partial charge in [-0.05, 0) is 82.2 Å². The van der Waals surface area contributed by atoms with E-state index in [2.05, 4.69) is 42.4 Å². The lowest BCUT2D eigenvalue weighted by Crippen LogP contribution is -2.38. The van der Waals surface area contributed by atoms with Gasteiger partial charge < -0.3 is 4.57 Å². The molecule has 4 rings (SSSR count). The predicted octanol–water partition coefficient (Wildman–Crippen LogP) is 5.37. The summed E-state index contributed by atoms with van der Waals surface area (Å²) in [4.78, 5) is 15.8. The predicted molar refractivity (Wildman–Crippen MR) is 116 cm³/mol. The molecule has 2 aliphatic rings. The average Bonchev–Trinajstić information content (AvgIpc) is 3.20. The number of nitrogens with zero attached hydrogens (tertiary/aromatic N) is 3. The zero-order chi connectivity index (χ0) is 20.5. The fourth-order valence-corrected chi connectivity index (χ4v) is 5.05. The second-order valence-electron chi connectivity index (χ2n) is 8.77. The fourth-order valence-electron chi connectivity index (χ4n) is 5.05. The van der Waals surface area contributed by atoms with Crippen LogP contribution in [0.25, 0.3) is 5.69 Å². The number of Topliss-reactive ketones (excluding diaryl/α,β-unsaturated/α-hetero) is 1. The van der Waals surface area contributed by atoms with Crippen molar-refractivity contribution in [1.29, 1.82) is 5.26 Å². The van der Waals surface area contributed by atoms with Crippen molar-refractivity contribution in [3.8, 4) is 11.8 Å². The van der Waals surface area contributed by atoms with Crippen LogP contribution in [0.5, 0.6) is 0 Å². The Hall–Kier alpha value is -2.38. The monoisotopic (exact) mass is 389 g/mol. The minimum Gasteiger partial charge on any atom is -0.317 e. The van der Waals surface area contributed by atoms with E-state index in [1.807, 2.05) is 24.3 Å². The van der Waals surface area contributed by atoms with Gasteiger partial charge in [0, 0.05) is 34.7 Å². The minimum absolute atomic E-state index is 0.239. The number of hydrogen-bond donors (Lipinski definition) is 0. The van der Waals surface area contributed by atoms with Gasteiger partial charge >= 0.3 is 0 Å². The second-order valence-corrected chi connectivity index (χ2v) is 8.77. The third-order valence-electron chi connectivity index (χ3n) is 7.10. The smallest absolute Gasteiger partial charge is 0.178 e. The third kappa shape index (κ3) is 3.65. The van der Waals surface area contributed by atoms with Crippen molar-refractivity contribution in [1.82, 2.24) is 9.47 Å². The first-order valence-electron chi connectivity index (χ1n) is 11.0. The summed E-state index contributed by atoms with van der Waals surface area (Å²) >= 11 is 0. The quantitative estimate of drug-likeness (QED) is 0.624. The molecule has 0 amide bonds. The molecular formula is C25H31N3O. The van der Waals surface area contributed by atoms with E-state index in [9.17, 15) is 4.79 Å². The van der Waals surface area contributed by atoms with Crippen LogP contribution in [0.1, 0.15) is 85.6 Å². The molecule has 0 bridgehead atoms. The van der Waals surface area contributed by atoms with E-state index in [-0.39, 0.29) is 5.78 Å². The summed E-state index contributed by atoms with van der Waals surface area (Å²) in [6, 6.07) is 13.1. The van der Waals surface area contributed by atoms with Gasteiger partial charge in [-0.15, -0.1) is 0 Å². The van der Waals surface area contributed by atoms with Crippen molar-refractivity contribution < 1.29 is 4.79 Å². The number of rotatable bonds is 6. The Bertz CT molecular complexity index is 930. The molecule has 1 aromatic heterocycles. The second kappa shape index (κ2) is 8.16. The molecule has 0 radical (unpaired) electrons. The summed E-state index contributed by atoms with van der Waals surface area (Å²) in [6.07, 6.45) is 7.13. The summed E-state index contributed by atoms with van der Waals surface area (Å²) in [5.41, 5.74) is 4.85. The number of aromatic nitrogens is 1. The van der Waals surface area contributed by atoms with Gasteiger partial charge in [-0.2, -0.15) is 5.26 Å². The van der Waals surface area contributed by atoms with Gasteiger partial charge in [0.2, 0.25) is 0 Å². The van der Waals surface area contributed by atoms with E-state index in [4.69, 9.17) is 5.26 Å². The SMILES string of the molecule is CCC1CCC(C)N1CC(=O)c1cc(C2CCC2)n(-c2ccc(C#N)cc2)c1C. The van der Waals surface area contributed by atoms with E-state index < -0.39 is 0 Å². The van der Waals surface area contributed by atoms with Crippen LogP contribution >= 0.6 is 0 Å². The van der Waals surface area contributed by atoms with Crippen LogP contribution in [0.3, 0.4) is 0 Å². The normalized spacial score (nSPS) is 22.4. The fraction of sp³-hybridized carbons (Fsp3) is 0.520. The molecule has 2 fully saturated rings. The van der Waals surface area contributed by atoms with Crippen molar-refractivity contribution in [2.45, 2.75) is 77.3 Å². The van der Waals surface area contributed by atoms with Gasteiger partial charge in [0.15, 0.2) is 5.78 Å². The van der Waals surface area contributed by atoms with Gasteiger partial charge in [0.1, 0.15) is 0 Å². The molecular weight excluding hydrogens is 358 g/mol. The van der Waals surface area contributed by atoms with Crippen LogP contribution in [0, 0.1) is 18.3 Å². The van der Waals surface area contributed by atoms with Gasteiger partial charge in [0.25, 0.3) is 0 Å². The maximum atomic E-state index is 13.4. The number of carbonyl (C=O) groups is 1. The van der Waals surface area contributed by atoms with Gasteiger partial charge in [-0.1, -0.05) is 13.3 Å². The highest BCUT2D eigenvalue weighted by molar-refractivity contribution is 5.99. The lowest BCUT2D eigenvalue weighted by Gasteiger charge is -2.27. The van der Waals surface area contributed by atoms with Crippen molar-refractivity contribution >= 4 is 5.78 Å². The standard InChI is InChI=1S/C25H31N3O/c1-4-21-11-8-17(2)27(21)16-25(29)23-14-24(20-6-5-7-20)28(18(23)3)22-12-9-19(15-26)10-13-22/h9-10,12-14,17,20-21H,4-8,11,16H2,1-3H3. The molecule has 1 aliphatic carbocycles. The van der Waals surface area contributed by atoms with Gasteiger partial charge in [0.05, 0.1) is 18.2 Å². The first kappa shape index (κ1) is 19.9. The molecule has 1 aromatic carbocycles. The first-order chi connectivity index (χ1) is 14.0. The molecule has 1 saturated carbocycles. The van der Waals surface area contributed by atoms with Crippen molar-refractivity contribution in [2.75, 3.05) is 6.54 Å². The molecule has 1 saturated heterocycles. The number of likely N-dealkylation sites (tertiary alicyclic amines) is 1. The van der Waals surface area contributed by atoms with Crippen LogP contribution < -0.4 is 0 Å². The molecule has 2 aromatic rings. The molecule has 2 atom stereocenters. The number of ketones is 1. The largest absolute Gasteiger partial charge is 0.317 e. The summed E-state index contributed by atoms with van der Waals surface area (Å²) < 4.78 is 2.25. The Balaban J connectivity index is 1.68. The molecule has 1 aliphatic heterocycles. The molecule has 0 N–H and O–H groups in total. The topological polar surface area (TPSA) is 49.0 Å². The third-order valence-corrected chi connectivity index (χ3v) is 7.10. The van der Waals surface area contributed by atoms with Crippen LogP contribution in [0.4, 0.5) is 0 Å². The van der Waals surface area contributed by atoms with E-state index in [0.29, 0.717) is 30.1 Å². The van der Waals surface area contributed by atoms with Crippen LogP contribution in [-0.2, 0) is 0 Å². The summed E-state index contributed by atoms with van der Waals surface area (Å²) in [7, 11) is 0. The molecule has 4 nitrogen and oxygen atoms in total.